The molecule has 0 fully saturated rings. The van der Waals surface area contributed by atoms with Crippen LogP contribution in [0.1, 0.15) is 43.0 Å². The van der Waals surface area contributed by atoms with E-state index in [0.717, 1.165) is 21.7 Å². The van der Waals surface area contributed by atoms with Crippen molar-refractivity contribution < 1.29 is 22.3 Å². The first-order chi connectivity index (χ1) is 13.9. The lowest BCUT2D eigenvalue weighted by atomic mass is 9.89. The third kappa shape index (κ3) is 5.37. The Morgan fingerprint density at radius 3 is 2.63 bits per heavy atom. The molecule has 1 N–H and O–H groups in total. The Bertz CT molecular complexity index is 1050. The third-order valence-corrected chi connectivity index (χ3v) is 6.25. The van der Waals surface area contributed by atoms with E-state index in [9.17, 15) is 17.6 Å². The smallest absolute Gasteiger partial charge is 0.235 e. The van der Waals surface area contributed by atoms with Gasteiger partial charge in [0.1, 0.15) is 17.2 Å². The molecule has 0 spiro atoms. The van der Waals surface area contributed by atoms with E-state index >= 15 is 0 Å². The molecule has 1 aliphatic rings. The summed E-state index contributed by atoms with van der Waals surface area (Å²) in [7, 11) is -3.72. The number of rotatable bonds is 6. The van der Waals surface area contributed by atoms with Crippen molar-refractivity contribution in [3.05, 3.63) is 65.0 Å². The Kier molecular flexibility index (Phi) is 6.19. The van der Waals surface area contributed by atoms with Gasteiger partial charge in [-0.1, -0.05) is 30.3 Å². The zero-order valence-corrected chi connectivity index (χ0v) is 18.4. The third-order valence-electron chi connectivity index (χ3n) is 5.06. The van der Waals surface area contributed by atoms with Gasteiger partial charge in [-0.2, -0.15) is 4.31 Å². The number of carbonyl (C=O) groups is 1. The minimum atomic E-state index is -3.72. The van der Waals surface area contributed by atoms with Gasteiger partial charge >= 0.3 is 0 Å². The summed E-state index contributed by atoms with van der Waals surface area (Å²) in [5, 5.41) is 2.93. The highest BCUT2D eigenvalue weighted by Gasteiger charge is 2.35. The Labute approximate surface area is 177 Å². The number of aryl methyl sites for hydroxylation is 1. The number of benzene rings is 2. The summed E-state index contributed by atoms with van der Waals surface area (Å²) in [6.07, 6.45) is 1.55. The second-order valence-electron chi connectivity index (χ2n) is 8.35. The molecular formula is C22H27FN2O4S. The van der Waals surface area contributed by atoms with Crippen LogP contribution < -0.4 is 10.1 Å². The zero-order chi connectivity index (χ0) is 22.1. The molecule has 3 rings (SSSR count). The van der Waals surface area contributed by atoms with Gasteiger partial charge in [0.25, 0.3) is 0 Å². The van der Waals surface area contributed by atoms with Crippen LogP contribution in [-0.4, -0.2) is 37.0 Å². The van der Waals surface area contributed by atoms with Crippen molar-refractivity contribution >= 4 is 15.9 Å². The van der Waals surface area contributed by atoms with E-state index in [2.05, 4.69) is 5.32 Å². The molecule has 2 aromatic rings. The lowest BCUT2D eigenvalue weighted by molar-refractivity contribution is -0.122. The number of amides is 1. The van der Waals surface area contributed by atoms with Gasteiger partial charge in [0.2, 0.25) is 15.9 Å². The average Bonchev–Trinajstić information content (AvgIpc) is 2.60. The quantitative estimate of drug-likeness (QED) is 0.757. The van der Waals surface area contributed by atoms with Crippen molar-refractivity contribution in [3.63, 3.8) is 0 Å². The number of halogens is 1. The maximum Gasteiger partial charge on any atom is 0.235 e. The van der Waals surface area contributed by atoms with Crippen molar-refractivity contribution in [1.29, 1.82) is 0 Å². The van der Waals surface area contributed by atoms with Crippen LogP contribution in [0.25, 0.3) is 0 Å². The number of fused-ring (bicyclic) bond motifs is 1. The Hall–Kier alpha value is -2.45. The normalized spacial score (nSPS) is 17.9. The molecule has 0 saturated heterocycles. The summed E-state index contributed by atoms with van der Waals surface area (Å²) >= 11 is 0. The summed E-state index contributed by atoms with van der Waals surface area (Å²) in [6, 6.07) is 11.4. The summed E-state index contributed by atoms with van der Waals surface area (Å²) in [5.74, 6) is -0.254. The number of nitrogens with one attached hydrogen (secondary N) is 1. The fraction of sp³-hybridized carbons (Fsp3) is 0.409. The Balaban J connectivity index is 1.78. The highest BCUT2D eigenvalue weighted by Crippen LogP contribution is 2.39. The van der Waals surface area contributed by atoms with E-state index < -0.39 is 33.9 Å². The molecule has 2 aromatic carbocycles. The molecule has 0 saturated carbocycles. The number of hydrogen-bond acceptors (Lipinski definition) is 4. The van der Waals surface area contributed by atoms with Crippen LogP contribution in [0.4, 0.5) is 4.39 Å². The van der Waals surface area contributed by atoms with Gasteiger partial charge in [0.05, 0.1) is 18.8 Å². The molecule has 162 valence electrons. The zero-order valence-electron chi connectivity index (χ0n) is 17.6. The Morgan fingerprint density at radius 2 is 1.97 bits per heavy atom. The Morgan fingerprint density at radius 1 is 1.27 bits per heavy atom. The standard InChI is InChI=1S/C22H27FN2O4S/c1-15-9-10-17-19(12-22(2,3)29-20(17)11-15)24-21(26)14-25(30(4,27)28)13-16-7-5-6-8-18(16)23/h5-11,19H,12-14H2,1-4H3,(H,24,26)/t19-/m1/s1. The van der Waals surface area contributed by atoms with E-state index in [1.165, 1.54) is 18.2 Å². The van der Waals surface area contributed by atoms with Gasteiger partial charge in [-0.05, 0) is 38.5 Å². The van der Waals surface area contributed by atoms with Gasteiger partial charge in [-0.3, -0.25) is 4.79 Å². The molecule has 1 amide bonds. The predicted molar refractivity (Wildman–Crippen MR) is 113 cm³/mol. The van der Waals surface area contributed by atoms with Gasteiger partial charge in [0, 0.05) is 24.1 Å². The first-order valence-corrected chi connectivity index (χ1v) is 11.6. The molecule has 0 bridgehead atoms. The fourth-order valence-electron chi connectivity index (χ4n) is 3.59. The molecule has 0 radical (unpaired) electrons. The topological polar surface area (TPSA) is 75.7 Å². The maximum absolute atomic E-state index is 14.0. The predicted octanol–water partition coefficient (Wildman–Crippen LogP) is 3.31. The SMILES string of the molecule is Cc1ccc2c(c1)OC(C)(C)C[C@H]2NC(=O)CN(Cc1ccccc1F)S(C)(=O)=O. The second-order valence-corrected chi connectivity index (χ2v) is 10.3. The van der Waals surface area contributed by atoms with Crippen LogP contribution in [0, 0.1) is 12.7 Å². The summed E-state index contributed by atoms with van der Waals surface area (Å²) < 4.78 is 45.4. The largest absolute Gasteiger partial charge is 0.487 e. The first kappa shape index (κ1) is 22.2. The van der Waals surface area contributed by atoms with Crippen molar-refractivity contribution in [2.75, 3.05) is 12.8 Å². The molecular weight excluding hydrogens is 407 g/mol. The van der Waals surface area contributed by atoms with Gasteiger partial charge < -0.3 is 10.1 Å². The van der Waals surface area contributed by atoms with E-state index in [-0.39, 0.29) is 18.2 Å². The lowest BCUT2D eigenvalue weighted by Gasteiger charge is -2.38. The van der Waals surface area contributed by atoms with Gasteiger partial charge in [-0.15, -0.1) is 0 Å². The highest BCUT2D eigenvalue weighted by molar-refractivity contribution is 7.88. The molecule has 6 nitrogen and oxygen atoms in total. The summed E-state index contributed by atoms with van der Waals surface area (Å²) in [4.78, 5) is 12.8. The van der Waals surface area contributed by atoms with Crippen LogP contribution in [0.5, 0.6) is 5.75 Å². The number of nitrogens with zero attached hydrogens (tertiary/aromatic N) is 1. The minimum Gasteiger partial charge on any atom is -0.487 e. The summed E-state index contributed by atoms with van der Waals surface area (Å²) in [5.41, 5.74) is 1.63. The molecule has 1 atom stereocenters. The number of sulfonamides is 1. The monoisotopic (exact) mass is 434 g/mol. The minimum absolute atomic E-state index is 0.212. The molecule has 0 aromatic heterocycles. The van der Waals surface area contributed by atoms with E-state index in [1.54, 1.807) is 6.07 Å². The molecule has 0 unspecified atom stereocenters. The van der Waals surface area contributed by atoms with Crippen molar-refractivity contribution in [2.45, 2.75) is 45.4 Å². The van der Waals surface area contributed by atoms with E-state index in [1.807, 2.05) is 39.0 Å². The first-order valence-electron chi connectivity index (χ1n) is 9.72. The van der Waals surface area contributed by atoms with Crippen LogP contribution in [0.2, 0.25) is 0 Å². The summed E-state index contributed by atoms with van der Waals surface area (Å²) in [6.45, 7) is 5.24. The number of ether oxygens (including phenoxy) is 1. The van der Waals surface area contributed by atoms with Crippen LogP contribution in [0.15, 0.2) is 42.5 Å². The van der Waals surface area contributed by atoms with Crippen LogP contribution >= 0.6 is 0 Å². The van der Waals surface area contributed by atoms with E-state index in [0.29, 0.717) is 12.2 Å². The number of hydrogen-bond donors (Lipinski definition) is 1. The van der Waals surface area contributed by atoms with Crippen molar-refractivity contribution in [1.82, 2.24) is 9.62 Å². The van der Waals surface area contributed by atoms with Crippen molar-refractivity contribution in [2.24, 2.45) is 0 Å². The molecule has 1 aliphatic heterocycles. The maximum atomic E-state index is 14.0. The average molecular weight is 435 g/mol. The van der Waals surface area contributed by atoms with E-state index in [4.69, 9.17) is 4.74 Å². The molecule has 8 heteroatoms. The van der Waals surface area contributed by atoms with Crippen LogP contribution in [0.3, 0.4) is 0 Å². The van der Waals surface area contributed by atoms with Gasteiger partial charge in [-0.25, -0.2) is 12.8 Å². The molecule has 30 heavy (non-hydrogen) atoms. The molecule has 1 heterocycles. The fourth-order valence-corrected chi connectivity index (χ4v) is 4.32. The lowest BCUT2D eigenvalue weighted by Crippen LogP contribution is -2.45. The molecule has 0 aliphatic carbocycles. The van der Waals surface area contributed by atoms with Crippen LogP contribution in [-0.2, 0) is 21.4 Å². The van der Waals surface area contributed by atoms with Gasteiger partial charge in [0.15, 0.2) is 0 Å². The highest BCUT2D eigenvalue weighted by atomic mass is 32.2. The second kappa shape index (κ2) is 8.35. The van der Waals surface area contributed by atoms with Crippen molar-refractivity contribution in [3.8, 4) is 5.75 Å². The number of carbonyl (C=O) groups excluding carboxylic acids is 1.